The number of para-hydroxylation sites is 2. The maximum absolute atomic E-state index is 11.9. The fraction of sp³-hybridized carbons (Fsp3) is 0.154. The second kappa shape index (κ2) is 5.87. The lowest BCUT2D eigenvalue weighted by molar-refractivity contribution is -0.116. The van der Waals surface area contributed by atoms with Crippen LogP contribution in [0.2, 0.25) is 0 Å². The molecule has 1 aromatic heterocycles. The molecule has 0 aliphatic rings. The minimum absolute atomic E-state index is 0.0294. The largest absolute Gasteiger partial charge is 0.495 e. The normalized spacial score (nSPS) is 10.1. The summed E-state index contributed by atoms with van der Waals surface area (Å²) in [6.45, 7) is -0.0294. The van der Waals surface area contributed by atoms with Gasteiger partial charge in [-0.25, -0.2) is 9.78 Å². The molecule has 2 rings (SSSR count). The maximum Gasteiger partial charge on any atom is 0.356 e. The molecule has 0 saturated heterocycles. The molecule has 0 atom stereocenters. The molecule has 7 heteroatoms. The van der Waals surface area contributed by atoms with Crippen molar-refractivity contribution in [1.29, 1.82) is 0 Å². The highest BCUT2D eigenvalue weighted by Gasteiger charge is 2.10. The van der Waals surface area contributed by atoms with Crippen LogP contribution in [0.4, 0.5) is 5.69 Å². The van der Waals surface area contributed by atoms with Crippen LogP contribution in [0.15, 0.2) is 36.8 Å². The summed E-state index contributed by atoms with van der Waals surface area (Å²) in [6.07, 6.45) is 2.59. The Morgan fingerprint density at radius 2 is 2.15 bits per heavy atom. The number of rotatable bonds is 5. The molecule has 0 aliphatic heterocycles. The third kappa shape index (κ3) is 3.14. The highest BCUT2D eigenvalue weighted by atomic mass is 16.5. The molecular formula is C13H13N3O4. The predicted molar refractivity (Wildman–Crippen MR) is 70.8 cm³/mol. The summed E-state index contributed by atoms with van der Waals surface area (Å²) in [6, 6.07) is 7.02. The van der Waals surface area contributed by atoms with Gasteiger partial charge < -0.3 is 19.7 Å². The average molecular weight is 275 g/mol. The first-order chi connectivity index (χ1) is 9.60. The number of nitrogens with zero attached hydrogens (tertiary/aromatic N) is 2. The van der Waals surface area contributed by atoms with E-state index in [1.807, 2.05) is 0 Å². The molecule has 0 radical (unpaired) electrons. The van der Waals surface area contributed by atoms with Crippen molar-refractivity contribution in [2.24, 2.45) is 0 Å². The van der Waals surface area contributed by atoms with Crippen molar-refractivity contribution in [2.45, 2.75) is 6.54 Å². The summed E-state index contributed by atoms with van der Waals surface area (Å²) in [7, 11) is 1.51. The number of ether oxygens (including phenoxy) is 1. The maximum atomic E-state index is 11.9. The molecule has 0 unspecified atom stereocenters. The number of aromatic nitrogens is 2. The van der Waals surface area contributed by atoms with Crippen molar-refractivity contribution < 1.29 is 19.4 Å². The van der Waals surface area contributed by atoms with Crippen molar-refractivity contribution >= 4 is 17.6 Å². The molecular weight excluding hydrogens is 262 g/mol. The number of nitrogens with one attached hydrogen (secondary N) is 1. The van der Waals surface area contributed by atoms with E-state index in [4.69, 9.17) is 9.84 Å². The highest BCUT2D eigenvalue weighted by Crippen LogP contribution is 2.22. The molecule has 0 aliphatic carbocycles. The fourth-order valence-electron chi connectivity index (χ4n) is 1.66. The second-order valence-electron chi connectivity index (χ2n) is 3.98. The van der Waals surface area contributed by atoms with Crippen molar-refractivity contribution in [3.63, 3.8) is 0 Å². The monoisotopic (exact) mass is 275 g/mol. The van der Waals surface area contributed by atoms with E-state index in [0.717, 1.165) is 0 Å². The zero-order chi connectivity index (χ0) is 14.5. The Hall–Kier alpha value is -2.83. The minimum atomic E-state index is -1.13. The summed E-state index contributed by atoms with van der Waals surface area (Å²) in [5.74, 6) is -0.879. The van der Waals surface area contributed by atoms with E-state index in [1.54, 1.807) is 24.3 Å². The van der Waals surface area contributed by atoms with Crippen LogP contribution in [0, 0.1) is 0 Å². The Morgan fingerprint density at radius 1 is 1.40 bits per heavy atom. The van der Waals surface area contributed by atoms with Gasteiger partial charge in [-0.05, 0) is 12.1 Å². The molecule has 20 heavy (non-hydrogen) atoms. The number of aromatic carboxylic acids is 1. The van der Waals surface area contributed by atoms with E-state index in [-0.39, 0.29) is 18.1 Å². The van der Waals surface area contributed by atoms with E-state index < -0.39 is 5.97 Å². The first-order valence-electron chi connectivity index (χ1n) is 5.78. The molecule has 104 valence electrons. The van der Waals surface area contributed by atoms with Gasteiger partial charge in [-0.1, -0.05) is 12.1 Å². The Bertz CT molecular complexity index is 636. The van der Waals surface area contributed by atoms with Gasteiger partial charge in [0.05, 0.1) is 19.1 Å². The van der Waals surface area contributed by atoms with Gasteiger partial charge in [0.15, 0.2) is 5.69 Å². The van der Waals surface area contributed by atoms with Gasteiger partial charge in [-0.2, -0.15) is 0 Å². The number of carbonyl (C=O) groups is 2. The molecule has 0 fully saturated rings. The first-order valence-corrected chi connectivity index (χ1v) is 5.78. The van der Waals surface area contributed by atoms with Gasteiger partial charge in [-0.3, -0.25) is 4.79 Å². The van der Waals surface area contributed by atoms with Crippen molar-refractivity contribution in [3.05, 3.63) is 42.5 Å². The molecule has 1 heterocycles. The zero-order valence-corrected chi connectivity index (χ0v) is 10.7. The molecule has 1 amide bonds. The quantitative estimate of drug-likeness (QED) is 0.856. The van der Waals surface area contributed by atoms with Gasteiger partial charge in [0, 0.05) is 6.20 Å². The second-order valence-corrected chi connectivity index (χ2v) is 3.98. The number of benzene rings is 1. The van der Waals surface area contributed by atoms with Crippen LogP contribution >= 0.6 is 0 Å². The molecule has 2 N–H and O–H groups in total. The van der Waals surface area contributed by atoms with E-state index in [1.165, 1.54) is 24.2 Å². The number of hydrogen-bond acceptors (Lipinski definition) is 4. The smallest absolute Gasteiger partial charge is 0.356 e. The van der Waals surface area contributed by atoms with Crippen LogP contribution in [0.3, 0.4) is 0 Å². The van der Waals surface area contributed by atoms with E-state index in [0.29, 0.717) is 11.4 Å². The van der Waals surface area contributed by atoms with Crippen LogP contribution in [-0.2, 0) is 11.3 Å². The Kier molecular flexibility index (Phi) is 3.99. The van der Waals surface area contributed by atoms with Crippen molar-refractivity contribution in [2.75, 3.05) is 12.4 Å². The zero-order valence-electron chi connectivity index (χ0n) is 10.7. The number of carboxylic acids is 1. The Labute approximate surface area is 114 Å². The SMILES string of the molecule is COc1ccccc1NC(=O)Cn1cnc(C(=O)O)c1. The number of methoxy groups -OCH3 is 1. The fourth-order valence-corrected chi connectivity index (χ4v) is 1.66. The van der Waals surface area contributed by atoms with Crippen LogP contribution in [0.25, 0.3) is 0 Å². The number of amides is 1. The summed E-state index contributed by atoms with van der Waals surface area (Å²) < 4.78 is 6.52. The van der Waals surface area contributed by atoms with Crippen molar-refractivity contribution in [3.8, 4) is 5.75 Å². The number of imidazole rings is 1. The Morgan fingerprint density at radius 3 is 2.80 bits per heavy atom. The molecule has 2 aromatic rings. The summed E-state index contributed by atoms with van der Waals surface area (Å²) in [5.41, 5.74) is 0.452. The number of carboxylic acid groups (broad SMARTS) is 1. The topological polar surface area (TPSA) is 93.5 Å². The summed E-state index contributed by atoms with van der Waals surface area (Å²) >= 11 is 0. The molecule has 1 aromatic carbocycles. The van der Waals surface area contributed by atoms with Gasteiger partial charge in [0.1, 0.15) is 12.3 Å². The third-order valence-corrected chi connectivity index (χ3v) is 2.56. The van der Waals surface area contributed by atoms with E-state index in [9.17, 15) is 9.59 Å². The summed E-state index contributed by atoms with van der Waals surface area (Å²) in [4.78, 5) is 26.2. The van der Waals surface area contributed by atoms with Gasteiger partial charge >= 0.3 is 5.97 Å². The summed E-state index contributed by atoms with van der Waals surface area (Å²) in [5, 5.41) is 11.4. The van der Waals surface area contributed by atoms with Crippen molar-refractivity contribution in [1.82, 2.24) is 9.55 Å². The van der Waals surface area contributed by atoms with Crippen LogP contribution in [-0.4, -0.2) is 33.6 Å². The lowest BCUT2D eigenvalue weighted by atomic mass is 10.3. The lowest BCUT2D eigenvalue weighted by Gasteiger charge is -2.09. The standard InChI is InChI=1S/C13H13N3O4/c1-20-11-5-3-2-4-9(11)15-12(17)7-16-6-10(13(18)19)14-8-16/h2-6,8H,7H2,1H3,(H,15,17)(H,18,19). The van der Waals surface area contributed by atoms with Gasteiger partial charge in [0.2, 0.25) is 5.91 Å². The average Bonchev–Trinajstić information content (AvgIpc) is 2.88. The highest BCUT2D eigenvalue weighted by molar-refractivity contribution is 5.92. The van der Waals surface area contributed by atoms with Crippen LogP contribution < -0.4 is 10.1 Å². The number of anilines is 1. The van der Waals surface area contributed by atoms with Gasteiger partial charge in [-0.15, -0.1) is 0 Å². The molecule has 0 bridgehead atoms. The van der Waals surface area contributed by atoms with E-state index in [2.05, 4.69) is 10.3 Å². The number of hydrogen-bond donors (Lipinski definition) is 2. The number of carbonyl (C=O) groups excluding carboxylic acids is 1. The molecule has 0 spiro atoms. The Balaban J connectivity index is 2.03. The molecule has 7 nitrogen and oxygen atoms in total. The molecule has 0 saturated carbocycles. The van der Waals surface area contributed by atoms with E-state index >= 15 is 0 Å². The minimum Gasteiger partial charge on any atom is -0.495 e. The van der Waals surface area contributed by atoms with Gasteiger partial charge in [0.25, 0.3) is 0 Å². The predicted octanol–water partition coefficient (Wildman–Crippen LogP) is 1.23. The van der Waals surface area contributed by atoms with Crippen LogP contribution in [0.1, 0.15) is 10.5 Å². The van der Waals surface area contributed by atoms with Crippen LogP contribution in [0.5, 0.6) is 5.75 Å². The third-order valence-electron chi connectivity index (χ3n) is 2.56. The lowest BCUT2D eigenvalue weighted by Crippen LogP contribution is -2.18. The first kappa shape index (κ1) is 13.6.